The van der Waals surface area contributed by atoms with Crippen molar-refractivity contribution in [1.82, 2.24) is 21.3 Å². The molecule has 1 aromatic rings. The van der Waals surface area contributed by atoms with Gasteiger partial charge >= 0.3 is 28.4 Å². The molecule has 2 bridgehead atoms. The van der Waals surface area contributed by atoms with Crippen LogP contribution in [0.4, 0.5) is 4.79 Å². The predicted molar refractivity (Wildman–Crippen MR) is 226 cm³/mol. The fourth-order valence-corrected chi connectivity index (χ4v) is 11.2. The number of hydrogen-bond donors (Lipinski definition) is 9. The van der Waals surface area contributed by atoms with E-state index in [-0.39, 0.29) is 66.7 Å². The van der Waals surface area contributed by atoms with Crippen molar-refractivity contribution in [3.05, 3.63) is 35.4 Å². The summed E-state index contributed by atoms with van der Waals surface area (Å²) in [6, 6.07) is 3.96. The van der Waals surface area contributed by atoms with Gasteiger partial charge in [-0.15, -0.1) is 0 Å². The van der Waals surface area contributed by atoms with Gasteiger partial charge in [0.15, 0.2) is 0 Å². The van der Waals surface area contributed by atoms with Crippen LogP contribution in [0.25, 0.3) is 0 Å². The number of carbonyl (C=O) groups is 4. The van der Waals surface area contributed by atoms with E-state index in [1.807, 2.05) is 27.7 Å². The molecule has 1 saturated heterocycles. The molecule has 21 heteroatoms. The number of nitrogens with one attached hydrogen (secondary N) is 4. The minimum Gasteiger partial charge on any atom is -0.445 e. The maximum Gasteiger partial charge on any atom is 0.481 e. The highest BCUT2D eigenvalue weighted by Crippen LogP contribution is 2.69. The van der Waals surface area contributed by atoms with Crippen LogP contribution in [0, 0.1) is 35.0 Å². The van der Waals surface area contributed by atoms with E-state index in [4.69, 9.17) is 14.0 Å². The highest BCUT2D eigenvalue weighted by Gasteiger charge is 2.68. The quantitative estimate of drug-likeness (QED) is 0.0476. The number of ether oxygens (including phenoxy) is 1. The molecule has 0 spiro atoms. The molecule has 1 aromatic carbocycles. The third-order valence-electron chi connectivity index (χ3n) is 12.5. The first-order valence-corrected chi connectivity index (χ1v) is 24.4. The Morgan fingerprint density at radius 1 is 0.836 bits per heavy atom. The van der Waals surface area contributed by atoms with E-state index in [1.165, 1.54) is 24.3 Å². The topological polar surface area (TPSA) is 279 Å². The molecule has 1 heterocycles. The van der Waals surface area contributed by atoms with Crippen LogP contribution in [0.5, 0.6) is 0 Å². The van der Waals surface area contributed by atoms with Crippen LogP contribution >= 0.6 is 15.2 Å². The van der Waals surface area contributed by atoms with Gasteiger partial charge in [0.1, 0.15) is 18.7 Å². The lowest BCUT2D eigenvalue weighted by molar-refractivity contribution is -0.199. The van der Waals surface area contributed by atoms with Crippen molar-refractivity contribution in [3.63, 3.8) is 0 Å². The molecule has 0 aromatic heterocycles. The normalized spacial score (nSPS) is 23.8. The smallest absolute Gasteiger partial charge is 0.445 e. The lowest BCUT2D eigenvalue weighted by Crippen LogP contribution is -2.65. The second-order valence-corrected chi connectivity index (χ2v) is 23.1. The summed E-state index contributed by atoms with van der Waals surface area (Å²) in [5.74, 6) is -0.767. The summed E-state index contributed by atoms with van der Waals surface area (Å²) in [6.45, 7) is 18.1. The van der Waals surface area contributed by atoms with Gasteiger partial charge in [-0.25, -0.2) is 4.79 Å². The zero-order chi connectivity index (χ0) is 45.9. The molecule has 4 fully saturated rings. The molecule has 1 unspecified atom stereocenters. The molecule has 3 aliphatic carbocycles. The van der Waals surface area contributed by atoms with E-state index in [0.717, 1.165) is 12.8 Å². The SMILES string of the molecule is CC(C)C[C@H](NC(=O)[C@H](CC(C)C)NC(=O)[C@H](CC(C)C)NC(=O)OCc1ccc(C(=O)NCCCC(O)(P(=O)(O)O)P(=O)(O)O)cc1)B1OC2C[C@@H]3C[C@@H](C3(C)C)[C@]2(C)O1. The third-order valence-corrected chi connectivity index (χ3v) is 16.4. The van der Waals surface area contributed by atoms with E-state index in [1.54, 1.807) is 0 Å². The second-order valence-electron chi connectivity index (χ2n) is 19.1. The van der Waals surface area contributed by atoms with Crippen molar-refractivity contribution in [3.8, 4) is 0 Å². The molecule has 7 atom stereocenters. The highest BCUT2D eigenvalue weighted by atomic mass is 31.2. The van der Waals surface area contributed by atoms with Gasteiger partial charge in [-0.3, -0.25) is 23.5 Å². The summed E-state index contributed by atoms with van der Waals surface area (Å²) in [4.78, 5) is 90.6. The summed E-state index contributed by atoms with van der Waals surface area (Å²) in [5.41, 5.74) is 0.377. The van der Waals surface area contributed by atoms with Gasteiger partial charge in [0, 0.05) is 18.5 Å². The zero-order valence-electron chi connectivity index (χ0n) is 36.8. The molecule has 9 N–H and O–H groups in total. The van der Waals surface area contributed by atoms with E-state index >= 15 is 0 Å². The van der Waals surface area contributed by atoms with E-state index in [0.29, 0.717) is 30.2 Å². The van der Waals surface area contributed by atoms with Crippen LogP contribution in [0.1, 0.15) is 123 Å². The largest absolute Gasteiger partial charge is 0.481 e. The molecule has 1 aliphatic heterocycles. The monoisotopic (exact) mass is 900 g/mol. The Bertz CT molecular complexity index is 1800. The van der Waals surface area contributed by atoms with Crippen LogP contribution in [-0.4, -0.2) is 97.0 Å². The van der Waals surface area contributed by atoms with Gasteiger partial charge in [0.2, 0.25) is 11.8 Å². The Labute approximate surface area is 359 Å². The maximum atomic E-state index is 14.1. The fraction of sp³-hybridized carbons (Fsp3) is 0.750. The van der Waals surface area contributed by atoms with Gasteiger partial charge in [0.05, 0.1) is 17.6 Å². The number of carbonyl (C=O) groups excluding carboxylic acids is 4. The summed E-state index contributed by atoms with van der Waals surface area (Å²) in [5, 5.41) is 17.6. The van der Waals surface area contributed by atoms with Crippen molar-refractivity contribution in [1.29, 1.82) is 0 Å². The first-order valence-electron chi connectivity index (χ1n) is 21.2. The van der Waals surface area contributed by atoms with E-state index in [2.05, 4.69) is 55.9 Å². The summed E-state index contributed by atoms with van der Waals surface area (Å²) >= 11 is 0. The maximum absolute atomic E-state index is 14.1. The average Bonchev–Trinajstić information content (AvgIpc) is 3.50. The van der Waals surface area contributed by atoms with Crippen molar-refractivity contribution in [2.45, 2.75) is 149 Å². The molecule has 3 saturated carbocycles. The molecule has 5 rings (SSSR count). The van der Waals surface area contributed by atoms with Crippen LogP contribution < -0.4 is 21.3 Å². The Kier molecular flexibility index (Phi) is 16.6. The van der Waals surface area contributed by atoms with Crippen molar-refractivity contribution in [2.24, 2.45) is 35.0 Å². The summed E-state index contributed by atoms with van der Waals surface area (Å²) in [7, 11) is -11.8. The number of hydrogen-bond acceptors (Lipinski definition) is 10. The van der Waals surface area contributed by atoms with Crippen molar-refractivity contribution < 1.29 is 67.0 Å². The molecular weight excluding hydrogens is 833 g/mol. The second kappa shape index (κ2) is 19.9. The number of alkyl carbamates (subject to hydrolysis) is 1. The lowest BCUT2D eigenvalue weighted by atomic mass is 9.43. The first kappa shape index (κ1) is 50.8. The lowest BCUT2D eigenvalue weighted by Gasteiger charge is -2.64. The molecule has 344 valence electrons. The van der Waals surface area contributed by atoms with Gasteiger partial charge in [0.25, 0.3) is 11.0 Å². The number of benzene rings is 1. The van der Waals surface area contributed by atoms with E-state index in [9.17, 15) is 53.0 Å². The van der Waals surface area contributed by atoms with Crippen molar-refractivity contribution in [2.75, 3.05) is 6.54 Å². The van der Waals surface area contributed by atoms with Crippen LogP contribution in [0.15, 0.2) is 24.3 Å². The molecule has 61 heavy (non-hydrogen) atoms. The highest BCUT2D eigenvalue weighted by molar-refractivity contribution is 7.72. The average molecular weight is 901 g/mol. The number of amides is 4. The van der Waals surface area contributed by atoms with Gasteiger partial charge in [-0.05, 0) is 98.1 Å². The van der Waals surface area contributed by atoms with Crippen LogP contribution in [0.2, 0.25) is 0 Å². The first-order chi connectivity index (χ1) is 28.1. The van der Waals surface area contributed by atoms with Crippen molar-refractivity contribution >= 4 is 46.1 Å². The predicted octanol–water partition coefficient (Wildman–Crippen LogP) is 4.17. The Hall–Kier alpha value is -2.86. The Balaban J connectivity index is 1.32. The molecule has 0 radical (unpaired) electrons. The summed E-state index contributed by atoms with van der Waals surface area (Å²) in [6.07, 6.45) is 0.981. The van der Waals surface area contributed by atoms with Gasteiger partial charge in [-0.1, -0.05) is 67.5 Å². The Morgan fingerprint density at radius 2 is 1.38 bits per heavy atom. The molecule has 4 aliphatic rings. The minimum atomic E-state index is -5.61. The zero-order valence-corrected chi connectivity index (χ0v) is 38.5. The number of rotatable bonds is 21. The number of aliphatic hydroxyl groups is 1. The van der Waals surface area contributed by atoms with Crippen LogP contribution in [0.3, 0.4) is 0 Å². The molecule has 18 nitrogen and oxygen atoms in total. The van der Waals surface area contributed by atoms with Crippen LogP contribution in [-0.2, 0) is 39.4 Å². The van der Waals surface area contributed by atoms with Gasteiger partial charge in [-0.2, -0.15) is 0 Å². The fourth-order valence-electron chi connectivity index (χ4n) is 8.95. The molecular formula is C40H67BN4O14P2. The van der Waals surface area contributed by atoms with Gasteiger partial charge < -0.3 is 60.0 Å². The standard InChI is InChI=1S/C40H67BN4O14P2/c1-23(2)17-29(36(48)45-33(19-25(5)6)41-58-32-21-28-20-31(38(28,7)8)39(32,9)59-41)43-35(47)30(18-24(3)4)44-37(49)57-22-26-11-13-27(14-12-26)34(46)42-16-10-15-40(50,60(51,52)53)61(54,55)56/h11-14,23-25,28-33,50H,10,15-22H2,1-9H3,(H,42,46)(H,43,47)(H,44,49)(H,45,48)(H2,51,52,53)(H2,54,55,56)/t28-,29-,30-,31-,32?,33-,39-/m0/s1. The summed E-state index contributed by atoms with van der Waals surface area (Å²) < 4.78 is 41.8. The Morgan fingerprint density at radius 3 is 1.90 bits per heavy atom. The molecule has 4 amide bonds. The third kappa shape index (κ3) is 12.2. The minimum absolute atomic E-state index is 0.0107. The van der Waals surface area contributed by atoms with E-state index < -0.39 is 75.3 Å².